The van der Waals surface area contributed by atoms with E-state index in [0.29, 0.717) is 5.56 Å². The number of morpholine rings is 1. The van der Waals surface area contributed by atoms with Gasteiger partial charge in [-0.1, -0.05) is 13.3 Å². The van der Waals surface area contributed by atoms with Crippen LogP contribution in [0.5, 0.6) is 0 Å². The first-order valence-corrected chi connectivity index (χ1v) is 7.25. The van der Waals surface area contributed by atoms with Crippen LogP contribution in [0, 0.1) is 0 Å². The van der Waals surface area contributed by atoms with Gasteiger partial charge in [0.15, 0.2) is 0 Å². The Morgan fingerprint density at radius 3 is 2.85 bits per heavy atom. The molecule has 1 aliphatic heterocycles. The maximum atomic E-state index is 12.3. The predicted molar refractivity (Wildman–Crippen MR) is 79.1 cm³/mol. The summed E-state index contributed by atoms with van der Waals surface area (Å²) >= 11 is 0. The van der Waals surface area contributed by atoms with Crippen molar-refractivity contribution in [1.82, 2.24) is 9.88 Å². The summed E-state index contributed by atoms with van der Waals surface area (Å²) < 4.78 is 5.34. The van der Waals surface area contributed by atoms with Gasteiger partial charge in [0.2, 0.25) is 0 Å². The lowest BCUT2D eigenvalue weighted by Gasteiger charge is -2.28. The van der Waals surface area contributed by atoms with Crippen LogP contribution in [-0.4, -0.2) is 55.7 Å². The van der Waals surface area contributed by atoms with E-state index in [-0.39, 0.29) is 5.91 Å². The number of carbonyl (C=O) groups excluding carboxylic acids is 1. The van der Waals surface area contributed by atoms with E-state index in [1.165, 1.54) is 0 Å². The van der Waals surface area contributed by atoms with Crippen molar-refractivity contribution < 1.29 is 9.53 Å². The van der Waals surface area contributed by atoms with Crippen molar-refractivity contribution in [3.63, 3.8) is 0 Å². The Labute approximate surface area is 120 Å². The zero-order chi connectivity index (χ0) is 14.4. The largest absolute Gasteiger partial charge is 0.378 e. The fourth-order valence-electron chi connectivity index (χ4n) is 2.26. The Morgan fingerprint density at radius 2 is 2.15 bits per heavy atom. The van der Waals surface area contributed by atoms with Gasteiger partial charge in [0.05, 0.1) is 30.7 Å². The summed E-state index contributed by atoms with van der Waals surface area (Å²) in [6, 6.07) is 1.93. The molecule has 0 saturated carbocycles. The van der Waals surface area contributed by atoms with Crippen LogP contribution >= 0.6 is 0 Å². The number of nitrogens with zero attached hydrogens (tertiary/aromatic N) is 3. The predicted octanol–water partition coefficient (Wildman–Crippen LogP) is 1.79. The van der Waals surface area contributed by atoms with Crippen molar-refractivity contribution in [2.24, 2.45) is 0 Å². The second kappa shape index (κ2) is 7.24. The summed E-state index contributed by atoms with van der Waals surface area (Å²) in [5, 5.41) is 0. The Hall–Kier alpha value is -1.62. The molecule has 1 amide bonds. The van der Waals surface area contributed by atoms with E-state index in [1.807, 2.05) is 19.3 Å². The summed E-state index contributed by atoms with van der Waals surface area (Å²) in [7, 11) is 1.85. The summed E-state index contributed by atoms with van der Waals surface area (Å²) in [6.07, 6.45) is 5.57. The second-order valence-electron chi connectivity index (χ2n) is 5.11. The van der Waals surface area contributed by atoms with Gasteiger partial charge in [-0.05, 0) is 12.5 Å². The van der Waals surface area contributed by atoms with Gasteiger partial charge in [-0.15, -0.1) is 0 Å². The summed E-state index contributed by atoms with van der Waals surface area (Å²) in [6.45, 7) is 6.08. The van der Waals surface area contributed by atoms with E-state index in [0.717, 1.165) is 51.4 Å². The van der Waals surface area contributed by atoms with Crippen molar-refractivity contribution in [3.05, 3.63) is 24.0 Å². The van der Waals surface area contributed by atoms with Crippen LogP contribution < -0.4 is 4.90 Å². The molecule has 0 aliphatic carbocycles. The fourth-order valence-corrected chi connectivity index (χ4v) is 2.26. The van der Waals surface area contributed by atoms with Crippen molar-refractivity contribution >= 4 is 11.6 Å². The molecule has 5 nitrogen and oxygen atoms in total. The highest BCUT2D eigenvalue weighted by molar-refractivity contribution is 5.94. The molecule has 1 aromatic heterocycles. The van der Waals surface area contributed by atoms with Gasteiger partial charge >= 0.3 is 0 Å². The topological polar surface area (TPSA) is 45.7 Å². The molecule has 0 aromatic carbocycles. The van der Waals surface area contributed by atoms with E-state index in [9.17, 15) is 4.79 Å². The van der Waals surface area contributed by atoms with Gasteiger partial charge in [-0.2, -0.15) is 0 Å². The number of unbranched alkanes of at least 4 members (excludes halogenated alkanes) is 1. The minimum atomic E-state index is 0.0426. The average molecular weight is 277 g/mol. The number of amides is 1. The van der Waals surface area contributed by atoms with Crippen LogP contribution in [0.4, 0.5) is 5.69 Å². The third-order valence-electron chi connectivity index (χ3n) is 3.54. The Kier molecular flexibility index (Phi) is 5.35. The van der Waals surface area contributed by atoms with Crippen molar-refractivity contribution in [1.29, 1.82) is 0 Å². The highest BCUT2D eigenvalue weighted by Crippen LogP contribution is 2.17. The Bertz CT molecular complexity index is 444. The molecule has 0 atom stereocenters. The normalized spacial score (nSPS) is 15.2. The molecule has 1 saturated heterocycles. The van der Waals surface area contributed by atoms with Gasteiger partial charge in [-0.25, -0.2) is 0 Å². The lowest BCUT2D eigenvalue weighted by atomic mass is 10.2. The molecule has 2 rings (SSSR count). The molecule has 20 heavy (non-hydrogen) atoms. The van der Waals surface area contributed by atoms with E-state index in [2.05, 4.69) is 16.8 Å². The van der Waals surface area contributed by atoms with E-state index in [4.69, 9.17) is 4.74 Å². The molecular weight excluding hydrogens is 254 g/mol. The van der Waals surface area contributed by atoms with Crippen LogP contribution in [0.2, 0.25) is 0 Å². The third-order valence-corrected chi connectivity index (χ3v) is 3.54. The molecule has 1 aliphatic rings. The molecular formula is C15H23N3O2. The zero-order valence-corrected chi connectivity index (χ0v) is 12.3. The Morgan fingerprint density at radius 1 is 1.40 bits per heavy atom. The monoisotopic (exact) mass is 277 g/mol. The van der Waals surface area contributed by atoms with Crippen molar-refractivity contribution in [2.45, 2.75) is 19.8 Å². The van der Waals surface area contributed by atoms with E-state index >= 15 is 0 Å². The number of pyridine rings is 1. The highest BCUT2D eigenvalue weighted by Gasteiger charge is 2.16. The quantitative estimate of drug-likeness (QED) is 0.823. The van der Waals surface area contributed by atoms with E-state index in [1.54, 1.807) is 11.1 Å². The van der Waals surface area contributed by atoms with Gasteiger partial charge < -0.3 is 14.5 Å². The number of hydrogen-bond acceptors (Lipinski definition) is 4. The van der Waals surface area contributed by atoms with Gasteiger partial charge in [0.1, 0.15) is 0 Å². The molecule has 0 unspecified atom stereocenters. The van der Waals surface area contributed by atoms with Crippen LogP contribution in [0.25, 0.3) is 0 Å². The first-order chi connectivity index (χ1) is 9.72. The van der Waals surface area contributed by atoms with Gasteiger partial charge in [0, 0.05) is 32.9 Å². The number of anilines is 1. The van der Waals surface area contributed by atoms with Crippen molar-refractivity contribution in [3.8, 4) is 0 Å². The number of rotatable bonds is 5. The van der Waals surface area contributed by atoms with E-state index < -0.39 is 0 Å². The maximum absolute atomic E-state index is 12.3. The molecule has 0 N–H and O–H groups in total. The number of aromatic nitrogens is 1. The summed E-state index contributed by atoms with van der Waals surface area (Å²) in [4.78, 5) is 20.5. The molecule has 1 fully saturated rings. The van der Waals surface area contributed by atoms with Crippen LogP contribution in [-0.2, 0) is 4.74 Å². The first-order valence-electron chi connectivity index (χ1n) is 7.25. The Balaban J connectivity index is 2.06. The SMILES string of the molecule is CCCCN(C)C(=O)c1cncc(N2CCOCC2)c1. The minimum Gasteiger partial charge on any atom is -0.378 e. The van der Waals surface area contributed by atoms with Crippen LogP contribution in [0.1, 0.15) is 30.1 Å². The van der Waals surface area contributed by atoms with Crippen LogP contribution in [0.3, 0.4) is 0 Å². The molecule has 5 heteroatoms. The molecule has 0 radical (unpaired) electrons. The summed E-state index contributed by atoms with van der Waals surface area (Å²) in [5.74, 6) is 0.0426. The number of ether oxygens (including phenoxy) is 1. The lowest BCUT2D eigenvalue weighted by Crippen LogP contribution is -2.36. The lowest BCUT2D eigenvalue weighted by molar-refractivity contribution is 0.0793. The van der Waals surface area contributed by atoms with Gasteiger partial charge in [-0.3, -0.25) is 9.78 Å². The molecule has 0 spiro atoms. The minimum absolute atomic E-state index is 0.0426. The molecule has 0 bridgehead atoms. The second-order valence-corrected chi connectivity index (χ2v) is 5.11. The summed E-state index contributed by atoms with van der Waals surface area (Å²) in [5.41, 5.74) is 1.66. The average Bonchev–Trinajstić information content (AvgIpc) is 2.53. The van der Waals surface area contributed by atoms with Gasteiger partial charge in [0.25, 0.3) is 5.91 Å². The number of carbonyl (C=O) groups is 1. The molecule has 110 valence electrons. The van der Waals surface area contributed by atoms with Crippen LogP contribution in [0.15, 0.2) is 18.5 Å². The fraction of sp³-hybridized carbons (Fsp3) is 0.600. The zero-order valence-electron chi connectivity index (χ0n) is 12.3. The van der Waals surface area contributed by atoms with Crippen molar-refractivity contribution in [2.75, 3.05) is 44.8 Å². The maximum Gasteiger partial charge on any atom is 0.255 e. The smallest absolute Gasteiger partial charge is 0.255 e. The first kappa shape index (κ1) is 14.8. The third kappa shape index (κ3) is 3.70. The molecule has 2 heterocycles. The number of hydrogen-bond donors (Lipinski definition) is 0. The highest BCUT2D eigenvalue weighted by atomic mass is 16.5. The molecule has 1 aromatic rings. The standard InChI is InChI=1S/C15H23N3O2/c1-3-4-5-17(2)15(19)13-10-14(12-16-11-13)18-6-8-20-9-7-18/h10-12H,3-9H2,1-2H3.